The largest absolute Gasteiger partial charge is 0.461 e. The first-order chi connectivity index (χ1) is 12.1. The smallest absolute Gasteiger partial charge is 0.338 e. The first-order valence-electron chi connectivity index (χ1n) is 7.60. The van der Waals surface area contributed by atoms with Crippen molar-refractivity contribution in [3.05, 3.63) is 64.7 Å². The molecule has 2 aromatic rings. The summed E-state index contributed by atoms with van der Waals surface area (Å²) >= 11 is 1.58. The molecule has 0 N–H and O–H groups in total. The summed E-state index contributed by atoms with van der Waals surface area (Å²) in [5.41, 5.74) is 4.24. The van der Waals surface area contributed by atoms with Crippen LogP contribution in [-0.4, -0.2) is 24.6 Å². The minimum absolute atomic E-state index is 0.159. The Labute approximate surface area is 150 Å². The highest BCUT2D eigenvalue weighted by molar-refractivity contribution is 7.98. The van der Waals surface area contributed by atoms with Gasteiger partial charge in [0.2, 0.25) is 0 Å². The van der Waals surface area contributed by atoms with E-state index in [-0.39, 0.29) is 11.1 Å². The molecule has 1 aliphatic rings. The summed E-state index contributed by atoms with van der Waals surface area (Å²) < 4.78 is 5.34. The van der Waals surface area contributed by atoms with Gasteiger partial charge in [0, 0.05) is 16.9 Å². The Kier molecular flexibility index (Phi) is 4.61. The van der Waals surface area contributed by atoms with Crippen LogP contribution in [0, 0.1) is 22.7 Å². The second-order valence-electron chi connectivity index (χ2n) is 5.47. The second-order valence-corrected chi connectivity index (χ2v) is 6.46. The van der Waals surface area contributed by atoms with Gasteiger partial charge in [0.05, 0.1) is 16.7 Å². The molecular formula is C20H14N2O2S. The van der Waals surface area contributed by atoms with Crippen LogP contribution in [0.25, 0.3) is 16.7 Å². The number of ether oxygens (including phenoxy) is 1. The van der Waals surface area contributed by atoms with Crippen LogP contribution in [0.2, 0.25) is 0 Å². The molecule has 0 bridgehead atoms. The Morgan fingerprint density at radius 3 is 2.56 bits per heavy atom. The van der Waals surface area contributed by atoms with Gasteiger partial charge in [0.25, 0.3) is 0 Å². The third kappa shape index (κ3) is 2.69. The van der Waals surface area contributed by atoms with E-state index in [9.17, 15) is 15.3 Å². The lowest BCUT2D eigenvalue weighted by molar-refractivity contribution is 0.0531. The van der Waals surface area contributed by atoms with Crippen molar-refractivity contribution in [2.24, 2.45) is 0 Å². The molecule has 0 spiro atoms. The lowest BCUT2D eigenvalue weighted by Crippen LogP contribution is -2.11. The molecule has 0 fully saturated rings. The molecule has 4 nitrogen and oxygen atoms in total. The van der Waals surface area contributed by atoms with Gasteiger partial charge in [-0.1, -0.05) is 30.8 Å². The molecule has 1 aliphatic carbocycles. The summed E-state index contributed by atoms with van der Waals surface area (Å²) in [6, 6.07) is 13.1. The minimum atomic E-state index is -0.490. The van der Waals surface area contributed by atoms with Gasteiger partial charge in [-0.05, 0) is 29.0 Å². The van der Waals surface area contributed by atoms with Gasteiger partial charge in [0.1, 0.15) is 18.7 Å². The maximum atomic E-state index is 12.6. The zero-order chi connectivity index (χ0) is 18.0. The number of hydrogen-bond acceptors (Lipinski definition) is 5. The first-order valence-corrected chi connectivity index (χ1v) is 8.99. The van der Waals surface area contributed by atoms with Crippen LogP contribution in [0.4, 0.5) is 0 Å². The molecule has 122 valence electrons. The molecule has 0 radical (unpaired) electrons. The Balaban J connectivity index is 2.26. The van der Waals surface area contributed by atoms with Gasteiger partial charge in [-0.3, -0.25) is 0 Å². The van der Waals surface area contributed by atoms with Gasteiger partial charge < -0.3 is 4.74 Å². The maximum absolute atomic E-state index is 12.6. The summed E-state index contributed by atoms with van der Waals surface area (Å²) in [4.78, 5) is 12.6. The fourth-order valence-corrected chi connectivity index (χ4v) is 3.27. The fourth-order valence-electron chi connectivity index (χ4n) is 3.02. The van der Waals surface area contributed by atoms with E-state index >= 15 is 0 Å². The van der Waals surface area contributed by atoms with Crippen molar-refractivity contribution in [2.75, 3.05) is 18.6 Å². The van der Waals surface area contributed by atoms with Crippen molar-refractivity contribution >= 4 is 23.3 Å². The predicted molar refractivity (Wildman–Crippen MR) is 98.1 cm³/mol. The number of benzene rings is 2. The molecule has 2 aromatic carbocycles. The third-order valence-electron chi connectivity index (χ3n) is 4.12. The molecule has 0 saturated heterocycles. The minimum Gasteiger partial charge on any atom is -0.461 e. The number of thioether (sulfide) groups is 1. The van der Waals surface area contributed by atoms with Crippen LogP contribution in [0.5, 0.6) is 0 Å². The Morgan fingerprint density at radius 2 is 1.92 bits per heavy atom. The second kappa shape index (κ2) is 6.84. The van der Waals surface area contributed by atoms with E-state index in [1.54, 1.807) is 11.8 Å². The van der Waals surface area contributed by atoms with E-state index in [2.05, 4.69) is 12.6 Å². The molecule has 0 heterocycles. The van der Waals surface area contributed by atoms with Crippen molar-refractivity contribution < 1.29 is 9.53 Å². The average Bonchev–Trinajstić information content (AvgIpc) is 2.94. The predicted octanol–water partition coefficient (Wildman–Crippen LogP) is 3.99. The fraction of sp³-hybridized carbons (Fsp3) is 0.150. The lowest BCUT2D eigenvalue weighted by Gasteiger charge is -2.12. The molecule has 0 saturated carbocycles. The van der Waals surface area contributed by atoms with Crippen LogP contribution >= 0.6 is 11.8 Å². The average molecular weight is 346 g/mol. The number of carbonyl (C=O) groups is 1. The van der Waals surface area contributed by atoms with Gasteiger partial charge in [-0.25, -0.2) is 4.79 Å². The van der Waals surface area contributed by atoms with Crippen LogP contribution in [0.1, 0.15) is 32.6 Å². The zero-order valence-electron chi connectivity index (χ0n) is 13.6. The monoisotopic (exact) mass is 346 g/mol. The summed E-state index contributed by atoms with van der Waals surface area (Å²) in [7, 11) is 0. The zero-order valence-corrected chi connectivity index (χ0v) is 14.4. The van der Waals surface area contributed by atoms with Crippen LogP contribution < -0.4 is 0 Å². The highest BCUT2D eigenvalue weighted by Crippen LogP contribution is 2.47. The van der Waals surface area contributed by atoms with Crippen LogP contribution in [0.3, 0.4) is 0 Å². The topological polar surface area (TPSA) is 73.9 Å². The van der Waals surface area contributed by atoms with Gasteiger partial charge >= 0.3 is 5.97 Å². The number of nitriles is 2. The van der Waals surface area contributed by atoms with Crippen molar-refractivity contribution in [1.29, 1.82) is 10.5 Å². The normalized spacial score (nSPS) is 11.2. The van der Waals surface area contributed by atoms with E-state index in [1.807, 2.05) is 36.6 Å². The highest BCUT2D eigenvalue weighted by Gasteiger charge is 2.31. The van der Waals surface area contributed by atoms with Crippen molar-refractivity contribution in [1.82, 2.24) is 0 Å². The van der Waals surface area contributed by atoms with Crippen molar-refractivity contribution in [3.8, 4) is 23.3 Å². The molecule has 3 rings (SSSR count). The molecular weight excluding hydrogens is 332 g/mol. The number of esters is 1. The molecule has 25 heavy (non-hydrogen) atoms. The molecule has 0 aromatic heterocycles. The Hall–Kier alpha value is -3.02. The van der Waals surface area contributed by atoms with E-state index in [0.29, 0.717) is 34.6 Å². The maximum Gasteiger partial charge on any atom is 0.338 e. The van der Waals surface area contributed by atoms with Crippen molar-refractivity contribution in [3.63, 3.8) is 0 Å². The van der Waals surface area contributed by atoms with Gasteiger partial charge in [-0.2, -0.15) is 22.3 Å². The molecule has 0 aliphatic heterocycles. The quantitative estimate of drug-likeness (QED) is 0.527. The number of nitrogens with zero attached hydrogens (tertiary/aromatic N) is 2. The summed E-state index contributed by atoms with van der Waals surface area (Å²) in [5.74, 6) is 0.203. The van der Waals surface area contributed by atoms with Gasteiger partial charge in [0.15, 0.2) is 0 Å². The summed E-state index contributed by atoms with van der Waals surface area (Å²) in [6.07, 6.45) is 1.93. The van der Waals surface area contributed by atoms with Crippen LogP contribution in [0.15, 0.2) is 36.9 Å². The number of fused-ring (bicyclic) bond motifs is 3. The molecule has 0 unspecified atom stereocenters. The SMILES string of the molecule is C=C1c2ccccc2-c2c(C(=O)OCCSC)cc(C#N)c(C#N)c21. The van der Waals surface area contributed by atoms with Crippen LogP contribution in [-0.2, 0) is 4.74 Å². The van der Waals surface area contributed by atoms with E-state index in [4.69, 9.17) is 4.74 Å². The first kappa shape index (κ1) is 16.8. The molecule has 5 heteroatoms. The summed E-state index contributed by atoms with van der Waals surface area (Å²) in [6.45, 7) is 4.37. The standard InChI is InChI=1S/C20H14N2O2S/c1-12-14-5-3-4-6-15(14)19-16(20(23)24-7-8-25-2)9-13(10-21)17(11-22)18(12)19/h3-6,9H,1,7-8H2,2H3. The Bertz CT molecular complexity index is 980. The number of carbonyl (C=O) groups excluding carboxylic acids is 1. The Morgan fingerprint density at radius 1 is 1.20 bits per heavy atom. The summed E-state index contributed by atoms with van der Waals surface area (Å²) in [5, 5.41) is 19.0. The van der Waals surface area contributed by atoms with Gasteiger partial charge in [-0.15, -0.1) is 0 Å². The third-order valence-corrected chi connectivity index (χ3v) is 4.70. The molecule has 0 amide bonds. The lowest BCUT2D eigenvalue weighted by atomic mass is 9.91. The van der Waals surface area contributed by atoms with E-state index in [0.717, 1.165) is 11.1 Å². The number of rotatable bonds is 4. The van der Waals surface area contributed by atoms with E-state index in [1.165, 1.54) is 6.07 Å². The number of hydrogen-bond donors (Lipinski definition) is 0. The van der Waals surface area contributed by atoms with E-state index < -0.39 is 5.97 Å². The van der Waals surface area contributed by atoms with Crippen molar-refractivity contribution in [2.45, 2.75) is 0 Å². The molecule has 0 atom stereocenters. The highest BCUT2D eigenvalue weighted by atomic mass is 32.2.